The summed E-state index contributed by atoms with van der Waals surface area (Å²) in [6, 6.07) is 28.3. The zero-order valence-corrected chi connectivity index (χ0v) is 17.5. The van der Waals surface area contributed by atoms with Crippen LogP contribution in [0.15, 0.2) is 91.0 Å². The summed E-state index contributed by atoms with van der Waals surface area (Å²) in [6.07, 6.45) is 0.609. The zero-order chi connectivity index (χ0) is 21.6. The second kappa shape index (κ2) is 9.06. The molecule has 3 aromatic carbocycles. The molecule has 1 N–H and O–H groups in total. The van der Waals surface area contributed by atoms with Gasteiger partial charge >= 0.3 is 5.97 Å². The number of aldehydes is 1. The van der Waals surface area contributed by atoms with Crippen molar-refractivity contribution in [1.82, 2.24) is 5.32 Å². The third kappa shape index (κ3) is 4.66. The highest BCUT2D eigenvalue weighted by Gasteiger charge is 2.40. The largest absolute Gasteiger partial charge is 0.458 e. The predicted molar refractivity (Wildman–Crippen MR) is 118 cm³/mol. The Bertz CT molecular complexity index is 867. The van der Waals surface area contributed by atoms with E-state index in [0.717, 1.165) is 16.7 Å². The molecular formula is C26H27NO3. The lowest BCUT2D eigenvalue weighted by Gasteiger charge is -2.38. The van der Waals surface area contributed by atoms with Crippen LogP contribution in [0.4, 0.5) is 0 Å². The number of benzene rings is 3. The Morgan fingerprint density at radius 1 is 0.767 bits per heavy atom. The van der Waals surface area contributed by atoms with E-state index in [0.29, 0.717) is 6.29 Å². The van der Waals surface area contributed by atoms with Crippen molar-refractivity contribution in [2.24, 2.45) is 0 Å². The predicted octanol–water partition coefficient (Wildman–Crippen LogP) is 4.48. The first-order valence-corrected chi connectivity index (χ1v) is 9.99. The smallest absolute Gasteiger partial charge is 0.331 e. The van der Waals surface area contributed by atoms with E-state index in [-0.39, 0.29) is 0 Å². The zero-order valence-electron chi connectivity index (χ0n) is 17.5. The van der Waals surface area contributed by atoms with Gasteiger partial charge in [-0.15, -0.1) is 0 Å². The molecule has 0 aliphatic carbocycles. The molecule has 30 heavy (non-hydrogen) atoms. The average molecular weight is 402 g/mol. The van der Waals surface area contributed by atoms with E-state index in [1.807, 2.05) is 91.0 Å². The van der Waals surface area contributed by atoms with Gasteiger partial charge in [-0.2, -0.15) is 0 Å². The van der Waals surface area contributed by atoms with Crippen molar-refractivity contribution in [2.45, 2.75) is 38.0 Å². The topological polar surface area (TPSA) is 55.4 Å². The molecule has 3 aromatic rings. The van der Waals surface area contributed by atoms with Gasteiger partial charge in [-0.25, -0.2) is 4.79 Å². The Hall–Kier alpha value is -3.24. The average Bonchev–Trinajstić information content (AvgIpc) is 2.75. The maximum absolute atomic E-state index is 12.8. The molecule has 0 fully saturated rings. The summed E-state index contributed by atoms with van der Waals surface area (Å²) in [6.45, 7) is 5.35. The molecule has 3 rings (SSSR count). The summed E-state index contributed by atoms with van der Waals surface area (Å²) in [5.41, 5.74) is 1.12. The molecule has 0 heterocycles. The van der Waals surface area contributed by atoms with Crippen LogP contribution in [-0.2, 0) is 19.9 Å². The van der Waals surface area contributed by atoms with Crippen molar-refractivity contribution in [3.05, 3.63) is 108 Å². The molecule has 4 heteroatoms. The van der Waals surface area contributed by atoms with Crippen molar-refractivity contribution in [2.75, 3.05) is 0 Å². The minimum Gasteiger partial charge on any atom is -0.458 e. The number of carbonyl (C=O) groups is 2. The van der Waals surface area contributed by atoms with Crippen LogP contribution in [0.3, 0.4) is 0 Å². The molecule has 0 saturated carbocycles. The van der Waals surface area contributed by atoms with E-state index in [1.54, 1.807) is 20.8 Å². The number of esters is 1. The van der Waals surface area contributed by atoms with Crippen molar-refractivity contribution >= 4 is 12.3 Å². The lowest BCUT2D eigenvalue weighted by Crippen LogP contribution is -2.54. The molecule has 1 atom stereocenters. The lowest BCUT2D eigenvalue weighted by molar-refractivity contribution is -0.158. The first-order valence-electron chi connectivity index (χ1n) is 9.99. The van der Waals surface area contributed by atoms with Gasteiger partial charge in [0, 0.05) is 0 Å². The van der Waals surface area contributed by atoms with Crippen LogP contribution >= 0.6 is 0 Å². The molecule has 0 aliphatic heterocycles. The highest BCUT2D eigenvalue weighted by atomic mass is 16.6. The van der Waals surface area contributed by atoms with E-state index < -0.39 is 23.2 Å². The van der Waals surface area contributed by atoms with Gasteiger partial charge in [0.25, 0.3) is 0 Å². The molecular weight excluding hydrogens is 374 g/mol. The Morgan fingerprint density at radius 2 is 1.13 bits per heavy atom. The van der Waals surface area contributed by atoms with Gasteiger partial charge < -0.3 is 9.53 Å². The molecule has 0 aliphatic rings. The fourth-order valence-corrected chi connectivity index (χ4v) is 3.56. The van der Waals surface area contributed by atoms with Gasteiger partial charge in [-0.3, -0.25) is 5.32 Å². The maximum atomic E-state index is 12.8. The Morgan fingerprint density at radius 3 is 1.43 bits per heavy atom. The van der Waals surface area contributed by atoms with E-state index >= 15 is 0 Å². The van der Waals surface area contributed by atoms with Crippen LogP contribution in [0, 0.1) is 0 Å². The van der Waals surface area contributed by atoms with Crippen LogP contribution in [0.5, 0.6) is 0 Å². The molecule has 0 aromatic heterocycles. The SMILES string of the molecule is CC(C)(C)OC(=O)[C@H](C=O)NC(c1ccccc1)(c1ccccc1)c1ccccc1. The number of nitrogens with one attached hydrogen (secondary N) is 1. The molecule has 0 saturated heterocycles. The Labute approximate surface area is 177 Å². The molecule has 154 valence electrons. The van der Waals surface area contributed by atoms with Gasteiger partial charge in [-0.1, -0.05) is 91.0 Å². The van der Waals surface area contributed by atoms with Crippen LogP contribution in [-0.4, -0.2) is 23.9 Å². The Balaban J connectivity index is 2.21. The van der Waals surface area contributed by atoms with Crippen molar-refractivity contribution in [1.29, 1.82) is 0 Å². The monoisotopic (exact) mass is 401 g/mol. The number of hydrogen-bond donors (Lipinski definition) is 1. The van der Waals surface area contributed by atoms with E-state index in [2.05, 4.69) is 5.32 Å². The standard InChI is InChI=1S/C26H27NO3/c1-25(2,3)30-24(29)23(19-28)27-26(20-13-7-4-8-14-20,21-15-9-5-10-16-21)22-17-11-6-12-18-22/h4-19,23,27H,1-3H3/t23-/m0/s1. The summed E-state index contributed by atoms with van der Waals surface area (Å²) in [4.78, 5) is 24.9. The van der Waals surface area contributed by atoms with Crippen LogP contribution in [0.2, 0.25) is 0 Å². The number of rotatable bonds is 7. The van der Waals surface area contributed by atoms with Crippen molar-refractivity contribution in [3.8, 4) is 0 Å². The number of ether oxygens (including phenoxy) is 1. The lowest BCUT2D eigenvalue weighted by atomic mass is 9.76. The second-order valence-electron chi connectivity index (χ2n) is 8.14. The first kappa shape index (κ1) is 21.5. The van der Waals surface area contributed by atoms with E-state index in [1.165, 1.54) is 0 Å². The Kier molecular flexibility index (Phi) is 6.48. The van der Waals surface area contributed by atoms with Crippen LogP contribution in [0.1, 0.15) is 37.5 Å². The normalized spacial score (nSPS) is 12.8. The van der Waals surface area contributed by atoms with E-state index in [9.17, 15) is 9.59 Å². The van der Waals surface area contributed by atoms with E-state index in [4.69, 9.17) is 4.74 Å². The molecule has 0 spiro atoms. The highest BCUT2D eigenvalue weighted by Crippen LogP contribution is 2.37. The summed E-state index contributed by atoms with van der Waals surface area (Å²) >= 11 is 0. The molecule has 0 radical (unpaired) electrons. The quantitative estimate of drug-likeness (QED) is 0.275. The van der Waals surface area contributed by atoms with Crippen molar-refractivity contribution in [3.63, 3.8) is 0 Å². The molecule has 0 unspecified atom stereocenters. The molecule has 4 nitrogen and oxygen atoms in total. The minimum absolute atomic E-state index is 0.607. The third-order valence-electron chi connectivity index (χ3n) is 4.79. The molecule has 0 bridgehead atoms. The molecule has 0 amide bonds. The summed E-state index contributed by atoms with van der Waals surface area (Å²) < 4.78 is 5.51. The fourth-order valence-electron chi connectivity index (χ4n) is 3.56. The van der Waals surface area contributed by atoms with Gasteiger partial charge in [0.2, 0.25) is 0 Å². The van der Waals surface area contributed by atoms with Crippen molar-refractivity contribution < 1.29 is 14.3 Å². The highest BCUT2D eigenvalue weighted by molar-refractivity contribution is 5.92. The van der Waals surface area contributed by atoms with Crippen LogP contribution in [0.25, 0.3) is 0 Å². The third-order valence-corrected chi connectivity index (χ3v) is 4.79. The fraction of sp³-hybridized carbons (Fsp3) is 0.231. The van der Waals surface area contributed by atoms with Gasteiger partial charge in [0.1, 0.15) is 11.9 Å². The summed E-state index contributed by atoms with van der Waals surface area (Å²) in [5, 5.41) is 3.35. The van der Waals surface area contributed by atoms with Gasteiger partial charge in [-0.05, 0) is 37.5 Å². The van der Waals surface area contributed by atoms with Gasteiger partial charge in [0.05, 0.1) is 5.54 Å². The maximum Gasteiger partial charge on any atom is 0.331 e. The summed E-state index contributed by atoms with van der Waals surface area (Å²) in [5.74, 6) is -0.607. The number of hydrogen-bond acceptors (Lipinski definition) is 4. The summed E-state index contributed by atoms with van der Waals surface area (Å²) in [7, 11) is 0. The first-order chi connectivity index (χ1) is 14.4. The minimum atomic E-state index is -1.15. The number of carbonyl (C=O) groups excluding carboxylic acids is 2. The van der Waals surface area contributed by atoms with Gasteiger partial charge in [0.15, 0.2) is 6.04 Å². The second-order valence-corrected chi connectivity index (χ2v) is 8.14. The van der Waals surface area contributed by atoms with Crippen LogP contribution < -0.4 is 5.32 Å².